The molecule has 0 spiro atoms. The summed E-state index contributed by atoms with van der Waals surface area (Å²) in [5.74, 6) is 1.90. The molecule has 0 fully saturated rings. The molecule has 1 aromatic heterocycles. The standard InChI is InChI=1S/C17H15N3O/c1-12-6-5-9-14-16(12)21-17(14)20(15-10-11-18-19-15)13-7-3-2-4-8-13/h2-11,17H,1H3,(H,18,19). The number of benzene rings is 2. The Bertz CT molecular complexity index is 753. The molecule has 4 heteroatoms. The summed E-state index contributed by atoms with van der Waals surface area (Å²) in [6.07, 6.45) is 1.63. The van der Waals surface area contributed by atoms with Crippen molar-refractivity contribution in [2.75, 3.05) is 4.90 Å². The first-order valence-corrected chi connectivity index (χ1v) is 6.94. The van der Waals surface area contributed by atoms with Gasteiger partial charge in [0.2, 0.25) is 6.23 Å². The lowest BCUT2D eigenvalue weighted by atomic mass is 10.0. The normalized spacial score (nSPS) is 15.8. The second-order valence-electron chi connectivity index (χ2n) is 5.11. The molecule has 0 radical (unpaired) electrons. The Balaban J connectivity index is 1.79. The molecule has 2 heterocycles. The molecule has 0 saturated heterocycles. The number of aromatic nitrogens is 2. The molecule has 0 saturated carbocycles. The van der Waals surface area contributed by atoms with E-state index in [1.807, 2.05) is 24.3 Å². The zero-order valence-corrected chi connectivity index (χ0v) is 11.7. The van der Waals surface area contributed by atoms with Crippen LogP contribution in [0.4, 0.5) is 11.5 Å². The Hall–Kier alpha value is -2.75. The third kappa shape index (κ3) is 1.88. The molecule has 2 aromatic carbocycles. The zero-order valence-electron chi connectivity index (χ0n) is 11.7. The summed E-state index contributed by atoms with van der Waals surface area (Å²) in [5, 5.41) is 7.09. The maximum Gasteiger partial charge on any atom is 0.207 e. The number of ether oxygens (including phenoxy) is 1. The van der Waals surface area contributed by atoms with E-state index in [4.69, 9.17) is 4.74 Å². The fourth-order valence-corrected chi connectivity index (χ4v) is 2.71. The third-order valence-corrected chi connectivity index (χ3v) is 3.75. The molecular weight excluding hydrogens is 262 g/mol. The molecule has 1 aliphatic rings. The summed E-state index contributed by atoms with van der Waals surface area (Å²) < 4.78 is 6.03. The van der Waals surface area contributed by atoms with Crippen molar-refractivity contribution in [1.29, 1.82) is 0 Å². The first kappa shape index (κ1) is 12.0. The van der Waals surface area contributed by atoms with Gasteiger partial charge in [0, 0.05) is 11.8 Å². The van der Waals surface area contributed by atoms with Gasteiger partial charge in [-0.2, -0.15) is 5.10 Å². The van der Waals surface area contributed by atoms with Gasteiger partial charge in [0.05, 0.1) is 11.8 Å². The predicted molar refractivity (Wildman–Crippen MR) is 81.7 cm³/mol. The van der Waals surface area contributed by atoms with E-state index in [9.17, 15) is 0 Å². The summed E-state index contributed by atoms with van der Waals surface area (Å²) in [6, 6.07) is 18.4. The molecule has 4 rings (SSSR count). The summed E-state index contributed by atoms with van der Waals surface area (Å²) in [7, 11) is 0. The van der Waals surface area contributed by atoms with Crippen LogP contribution < -0.4 is 9.64 Å². The lowest BCUT2D eigenvalue weighted by Crippen LogP contribution is -2.35. The molecule has 4 nitrogen and oxygen atoms in total. The SMILES string of the molecule is Cc1cccc2c1OC2N(c1ccccc1)c1ccn[nH]1. The van der Waals surface area contributed by atoms with Crippen LogP contribution >= 0.6 is 0 Å². The van der Waals surface area contributed by atoms with Crippen LogP contribution in [0.1, 0.15) is 17.4 Å². The van der Waals surface area contributed by atoms with Gasteiger partial charge in [0.1, 0.15) is 11.6 Å². The number of nitrogens with zero attached hydrogens (tertiary/aromatic N) is 2. The van der Waals surface area contributed by atoms with E-state index in [1.54, 1.807) is 6.20 Å². The highest BCUT2D eigenvalue weighted by molar-refractivity contribution is 5.64. The Morgan fingerprint density at radius 1 is 1.05 bits per heavy atom. The number of fused-ring (bicyclic) bond motifs is 1. The van der Waals surface area contributed by atoms with E-state index < -0.39 is 0 Å². The number of aryl methyl sites for hydroxylation is 1. The predicted octanol–water partition coefficient (Wildman–Crippen LogP) is 3.95. The van der Waals surface area contributed by atoms with Gasteiger partial charge < -0.3 is 4.74 Å². The van der Waals surface area contributed by atoms with Gasteiger partial charge in [-0.25, -0.2) is 0 Å². The van der Waals surface area contributed by atoms with Crippen LogP contribution in [0, 0.1) is 6.92 Å². The van der Waals surface area contributed by atoms with Crippen molar-refractivity contribution >= 4 is 11.5 Å². The minimum atomic E-state index is -0.122. The Morgan fingerprint density at radius 2 is 1.90 bits per heavy atom. The van der Waals surface area contributed by atoms with Gasteiger partial charge in [-0.05, 0) is 30.7 Å². The molecule has 0 aliphatic carbocycles. The summed E-state index contributed by atoms with van der Waals surface area (Å²) in [6.45, 7) is 2.07. The van der Waals surface area contributed by atoms with E-state index >= 15 is 0 Å². The highest BCUT2D eigenvalue weighted by Crippen LogP contribution is 2.47. The first-order valence-electron chi connectivity index (χ1n) is 6.94. The van der Waals surface area contributed by atoms with Crippen molar-refractivity contribution in [2.45, 2.75) is 13.2 Å². The quantitative estimate of drug-likeness (QED) is 0.788. The maximum absolute atomic E-state index is 6.03. The number of nitrogens with one attached hydrogen (secondary N) is 1. The minimum absolute atomic E-state index is 0.122. The van der Waals surface area contributed by atoms with Crippen molar-refractivity contribution in [2.24, 2.45) is 0 Å². The average Bonchev–Trinajstić information content (AvgIpc) is 3.01. The van der Waals surface area contributed by atoms with E-state index in [-0.39, 0.29) is 6.23 Å². The monoisotopic (exact) mass is 277 g/mol. The molecular formula is C17H15N3O. The molecule has 1 N–H and O–H groups in total. The van der Waals surface area contributed by atoms with Crippen molar-refractivity contribution in [3.05, 3.63) is 71.9 Å². The van der Waals surface area contributed by atoms with Gasteiger partial charge in [-0.15, -0.1) is 0 Å². The van der Waals surface area contributed by atoms with Crippen LogP contribution in [-0.4, -0.2) is 10.2 Å². The summed E-state index contributed by atoms with van der Waals surface area (Å²) in [4.78, 5) is 2.12. The molecule has 3 aromatic rings. The van der Waals surface area contributed by atoms with Gasteiger partial charge in [0.15, 0.2) is 0 Å². The Kier molecular flexibility index (Phi) is 2.67. The van der Waals surface area contributed by atoms with Crippen molar-refractivity contribution in [3.8, 4) is 5.75 Å². The summed E-state index contributed by atoms with van der Waals surface area (Å²) in [5.41, 5.74) is 3.44. The highest BCUT2D eigenvalue weighted by Gasteiger charge is 2.36. The maximum atomic E-state index is 6.03. The highest BCUT2D eigenvalue weighted by atomic mass is 16.5. The van der Waals surface area contributed by atoms with Gasteiger partial charge in [0.25, 0.3) is 0 Å². The zero-order chi connectivity index (χ0) is 14.2. The Morgan fingerprint density at radius 3 is 2.67 bits per heavy atom. The number of hydrogen-bond donors (Lipinski definition) is 1. The van der Waals surface area contributed by atoms with E-state index in [0.29, 0.717) is 0 Å². The van der Waals surface area contributed by atoms with Crippen LogP contribution in [0.5, 0.6) is 5.75 Å². The number of hydrogen-bond acceptors (Lipinski definition) is 3. The van der Waals surface area contributed by atoms with Crippen molar-refractivity contribution < 1.29 is 4.74 Å². The number of H-pyrrole nitrogens is 1. The molecule has 1 unspecified atom stereocenters. The van der Waals surface area contributed by atoms with Crippen LogP contribution in [0.3, 0.4) is 0 Å². The smallest absolute Gasteiger partial charge is 0.207 e. The van der Waals surface area contributed by atoms with Crippen molar-refractivity contribution in [3.63, 3.8) is 0 Å². The average molecular weight is 277 g/mol. The van der Waals surface area contributed by atoms with Crippen LogP contribution in [0.2, 0.25) is 0 Å². The number of aromatic amines is 1. The second kappa shape index (κ2) is 4.66. The summed E-state index contributed by atoms with van der Waals surface area (Å²) >= 11 is 0. The van der Waals surface area contributed by atoms with E-state index in [0.717, 1.165) is 17.3 Å². The van der Waals surface area contributed by atoms with Crippen LogP contribution in [0.15, 0.2) is 60.8 Å². The molecule has 104 valence electrons. The lowest BCUT2D eigenvalue weighted by molar-refractivity contribution is 0.150. The van der Waals surface area contributed by atoms with Crippen LogP contribution in [0.25, 0.3) is 0 Å². The van der Waals surface area contributed by atoms with Crippen molar-refractivity contribution in [1.82, 2.24) is 10.2 Å². The molecule has 1 aliphatic heterocycles. The van der Waals surface area contributed by atoms with E-state index in [2.05, 4.69) is 52.4 Å². The van der Waals surface area contributed by atoms with E-state index in [1.165, 1.54) is 11.1 Å². The van der Waals surface area contributed by atoms with Gasteiger partial charge >= 0.3 is 0 Å². The second-order valence-corrected chi connectivity index (χ2v) is 5.11. The fourth-order valence-electron chi connectivity index (χ4n) is 2.71. The van der Waals surface area contributed by atoms with Crippen LogP contribution in [-0.2, 0) is 0 Å². The molecule has 0 amide bonds. The fraction of sp³-hybridized carbons (Fsp3) is 0.118. The van der Waals surface area contributed by atoms with Gasteiger partial charge in [-0.1, -0.05) is 30.3 Å². The number of rotatable bonds is 3. The number of para-hydroxylation sites is 2. The minimum Gasteiger partial charge on any atom is -0.465 e. The lowest BCUT2D eigenvalue weighted by Gasteiger charge is -2.40. The topological polar surface area (TPSA) is 41.1 Å². The molecule has 1 atom stereocenters. The molecule has 21 heavy (non-hydrogen) atoms. The van der Waals surface area contributed by atoms with Gasteiger partial charge in [-0.3, -0.25) is 10.00 Å². The number of anilines is 2. The molecule has 0 bridgehead atoms. The Labute approximate surface area is 123 Å². The first-order chi connectivity index (χ1) is 10.3. The third-order valence-electron chi connectivity index (χ3n) is 3.75. The largest absolute Gasteiger partial charge is 0.465 e.